The SMILES string of the molecule is COCC(C)Nc1ncc(-c2ccc(Oc3ccnc(-c4cnn(C)c4)c3)c(C)n2)c(=O)[nH]1. The Morgan fingerprint density at radius 2 is 2.03 bits per heavy atom. The van der Waals surface area contributed by atoms with Gasteiger partial charge in [0.2, 0.25) is 5.95 Å². The molecule has 0 fully saturated rings. The molecule has 0 aliphatic heterocycles. The van der Waals surface area contributed by atoms with Gasteiger partial charge in [0.1, 0.15) is 11.5 Å². The third kappa shape index (κ3) is 5.24. The molecular weight excluding hydrogens is 422 g/mol. The van der Waals surface area contributed by atoms with Crippen molar-refractivity contribution in [1.29, 1.82) is 0 Å². The van der Waals surface area contributed by atoms with Crippen LogP contribution in [0.4, 0.5) is 5.95 Å². The fourth-order valence-electron chi connectivity index (χ4n) is 3.29. The molecule has 0 bridgehead atoms. The highest BCUT2D eigenvalue weighted by Crippen LogP contribution is 2.28. The molecule has 0 amide bonds. The maximum Gasteiger partial charge on any atom is 0.261 e. The van der Waals surface area contributed by atoms with Gasteiger partial charge in [0, 0.05) is 50.4 Å². The van der Waals surface area contributed by atoms with E-state index in [1.807, 2.05) is 33.2 Å². The van der Waals surface area contributed by atoms with Crippen molar-refractivity contribution in [3.63, 3.8) is 0 Å². The van der Waals surface area contributed by atoms with Crippen LogP contribution in [0, 0.1) is 6.92 Å². The molecule has 0 aliphatic rings. The number of ether oxygens (including phenoxy) is 2. The van der Waals surface area contributed by atoms with Gasteiger partial charge in [0.25, 0.3) is 5.56 Å². The number of nitrogens with one attached hydrogen (secondary N) is 2. The van der Waals surface area contributed by atoms with Gasteiger partial charge in [-0.25, -0.2) is 9.97 Å². The number of anilines is 1. The minimum Gasteiger partial charge on any atom is -0.455 e. The fourth-order valence-corrected chi connectivity index (χ4v) is 3.29. The number of aromatic nitrogens is 6. The van der Waals surface area contributed by atoms with Crippen LogP contribution in [0.2, 0.25) is 0 Å². The van der Waals surface area contributed by atoms with E-state index in [9.17, 15) is 4.79 Å². The second-order valence-electron chi connectivity index (χ2n) is 7.64. The second-order valence-corrected chi connectivity index (χ2v) is 7.64. The predicted molar refractivity (Wildman–Crippen MR) is 124 cm³/mol. The highest BCUT2D eigenvalue weighted by atomic mass is 16.5. The smallest absolute Gasteiger partial charge is 0.261 e. The fraction of sp³-hybridized carbons (Fsp3) is 0.261. The summed E-state index contributed by atoms with van der Waals surface area (Å²) >= 11 is 0. The summed E-state index contributed by atoms with van der Waals surface area (Å²) in [4.78, 5) is 28.6. The zero-order chi connectivity index (χ0) is 23.4. The third-order valence-electron chi connectivity index (χ3n) is 4.87. The van der Waals surface area contributed by atoms with E-state index in [1.165, 1.54) is 6.20 Å². The number of methoxy groups -OCH3 is 1. The van der Waals surface area contributed by atoms with Crippen LogP contribution >= 0.6 is 0 Å². The van der Waals surface area contributed by atoms with Crippen molar-refractivity contribution < 1.29 is 9.47 Å². The van der Waals surface area contributed by atoms with Crippen molar-refractivity contribution in [3.8, 4) is 34.0 Å². The Balaban J connectivity index is 1.53. The van der Waals surface area contributed by atoms with Crippen molar-refractivity contribution in [1.82, 2.24) is 29.7 Å². The van der Waals surface area contributed by atoms with Crippen molar-refractivity contribution in [2.45, 2.75) is 19.9 Å². The van der Waals surface area contributed by atoms with Crippen LogP contribution in [0.3, 0.4) is 0 Å². The molecule has 0 aliphatic carbocycles. The van der Waals surface area contributed by atoms with Gasteiger partial charge in [0.05, 0.1) is 35.4 Å². The first-order valence-corrected chi connectivity index (χ1v) is 10.4. The summed E-state index contributed by atoms with van der Waals surface area (Å²) < 4.78 is 12.8. The molecule has 0 saturated carbocycles. The average Bonchev–Trinajstić information content (AvgIpc) is 3.22. The third-order valence-corrected chi connectivity index (χ3v) is 4.87. The Labute approximate surface area is 190 Å². The molecule has 0 radical (unpaired) electrons. The Morgan fingerprint density at radius 3 is 2.73 bits per heavy atom. The van der Waals surface area contributed by atoms with Gasteiger partial charge in [-0.1, -0.05) is 0 Å². The van der Waals surface area contributed by atoms with E-state index in [4.69, 9.17) is 9.47 Å². The zero-order valence-electron chi connectivity index (χ0n) is 18.9. The van der Waals surface area contributed by atoms with Crippen molar-refractivity contribution in [2.24, 2.45) is 7.05 Å². The molecule has 0 spiro atoms. The van der Waals surface area contributed by atoms with Gasteiger partial charge in [-0.3, -0.25) is 19.4 Å². The van der Waals surface area contributed by atoms with E-state index in [-0.39, 0.29) is 11.6 Å². The Kier molecular flexibility index (Phi) is 6.45. The molecule has 0 saturated heterocycles. The molecule has 1 atom stereocenters. The maximum atomic E-state index is 12.6. The first kappa shape index (κ1) is 22.2. The van der Waals surface area contributed by atoms with E-state index in [0.717, 1.165) is 11.3 Å². The van der Waals surface area contributed by atoms with Gasteiger partial charge in [-0.2, -0.15) is 5.10 Å². The molecule has 33 heavy (non-hydrogen) atoms. The maximum absolute atomic E-state index is 12.6. The lowest BCUT2D eigenvalue weighted by Gasteiger charge is -2.13. The highest BCUT2D eigenvalue weighted by Gasteiger charge is 2.12. The minimum atomic E-state index is -0.284. The molecule has 1 unspecified atom stereocenters. The lowest BCUT2D eigenvalue weighted by molar-refractivity contribution is 0.190. The molecule has 4 heterocycles. The van der Waals surface area contributed by atoms with Crippen LogP contribution in [0.15, 0.2) is 53.8 Å². The van der Waals surface area contributed by atoms with Crippen molar-refractivity contribution >= 4 is 5.95 Å². The van der Waals surface area contributed by atoms with E-state index in [1.54, 1.807) is 42.4 Å². The summed E-state index contributed by atoms with van der Waals surface area (Å²) in [6, 6.07) is 7.15. The number of hydrogen-bond donors (Lipinski definition) is 2. The monoisotopic (exact) mass is 447 g/mol. The molecule has 4 rings (SSSR count). The largest absolute Gasteiger partial charge is 0.455 e. The normalized spacial score (nSPS) is 11.9. The highest BCUT2D eigenvalue weighted by molar-refractivity contribution is 5.60. The molecule has 2 N–H and O–H groups in total. The van der Waals surface area contributed by atoms with E-state index >= 15 is 0 Å². The van der Waals surface area contributed by atoms with E-state index in [2.05, 4.69) is 30.4 Å². The lowest BCUT2D eigenvalue weighted by Crippen LogP contribution is -2.24. The summed E-state index contributed by atoms with van der Waals surface area (Å²) in [7, 11) is 3.47. The van der Waals surface area contributed by atoms with Crippen molar-refractivity contribution in [2.75, 3.05) is 19.0 Å². The average molecular weight is 447 g/mol. The molecule has 10 heteroatoms. The minimum absolute atomic E-state index is 0.00709. The number of pyridine rings is 2. The topological polar surface area (TPSA) is 120 Å². The summed E-state index contributed by atoms with van der Waals surface area (Å²) in [6.07, 6.45) is 6.83. The summed E-state index contributed by atoms with van der Waals surface area (Å²) in [5.74, 6) is 1.59. The van der Waals surface area contributed by atoms with Gasteiger partial charge < -0.3 is 14.8 Å². The number of hydrogen-bond acceptors (Lipinski definition) is 8. The molecular formula is C23H25N7O3. The lowest BCUT2D eigenvalue weighted by atomic mass is 10.2. The van der Waals surface area contributed by atoms with Crippen LogP contribution in [0.25, 0.3) is 22.5 Å². The Bertz CT molecular complexity index is 1320. The van der Waals surface area contributed by atoms with Crippen LogP contribution in [-0.4, -0.2) is 49.5 Å². The van der Waals surface area contributed by atoms with Gasteiger partial charge >= 0.3 is 0 Å². The number of H-pyrrole nitrogens is 1. The Morgan fingerprint density at radius 1 is 1.18 bits per heavy atom. The van der Waals surface area contributed by atoms with E-state index in [0.29, 0.717) is 41.0 Å². The quantitative estimate of drug-likeness (QED) is 0.423. The molecule has 4 aromatic heterocycles. The molecule has 10 nitrogen and oxygen atoms in total. The van der Waals surface area contributed by atoms with Gasteiger partial charge in [-0.15, -0.1) is 0 Å². The summed E-state index contributed by atoms with van der Waals surface area (Å²) in [6.45, 7) is 4.25. The first-order chi connectivity index (χ1) is 15.9. The number of aryl methyl sites for hydroxylation is 2. The molecule has 0 aromatic carbocycles. The first-order valence-electron chi connectivity index (χ1n) is 10.4. The number of nitrogens with zero attached hydrogens (tertiary/aromatic N) is 5. The van der Waals surface area contributed by atoms with E-state index < -0.39 is 0 Å². The molecule has 4 aromatic rings. The number of rotatable bonds is 8. The second kappa shape index (κ2) is 9.61. The standard InChI is InChI=1S/C23H25N7O3/c1-14(13-32-4)27-23-25-11-18(22(31)29-23)19-5-6-21(15(2)28-19)33-17-7-8-24-20(9-17)16-10-26-30(3)12-16/h5-12,14H,13H2,1-4H3,(H2,25,27,29,31). The predicted octanol–water partition coefficient (Wildman–Crippen LogP) is 3.17. The summed E-state index contributed by atoms with van der Waals surface area (Å²) in [5, 5.41) is 7.26. The van der Waals surface area contributed by atoms with Crippen LogP contribution in [0.1, 0.15) is 12.6 Å². The van der Waals surface area contributed by atoms with Crippen LogP contribution in [-0.2, 0) is 11.8 Å². The van der Waals surface area contributed by atoms with Gasteiger partial charge in [0.15, 0.2) is 0 Å². The molecule has 170 valence electrons. The Hall–Kier alpha value is -4.05. The van der Waals surface area contributed by atoms with Crippen LogP contribution in [0.5, 0.6) is 11.5 Å². The van der Waals surface area contributed by atoms with Crippen LogP contribution < -0.4 is 15.6 Å². The van der Waals surface area contributed by atoms with Gasteiger partial charge in [-0.05, 0) is 32.0 Å². The zero-order valence-corrected chi connectivity index (χ0v) is 18.9. The summed E-state index contributed by atoms with van der Waals surface area (Å²) in [5.41, 5.74) is 2.90. The van der Waals surface area contributed by atoms with Crippen molar-refractivity contribution in [3.05, 3.63) is 65.1 Å². The number of aromatic amines is 1.